The van der Waals surface area contributed by atoms with Crippen molar-refractivity contribution >= 4 is 11.6 Å². The van der Waals surface area contributed by atoms with Crippen LogP contribution in [0.25, 0.3) is 0 Å². The third-order valence-corrected chi connectivity index (χ3v) is 4.97. The highest BCUT2D eigenvalue weighted by molar-refractivity contribution is 5.92. The van der Waals surface area contributed by atoms with Crippen LogP contribution in [0, 0.1) is 0 Å². The number of carbonyl (C=O) groups excluding carboxylic acids is 1. The lowest BCUT2D eigenvalue weighted by Crippen LogP contribution is -2.23. The van der Waals surface area contributed by atoms with Gasteiger partial charge in [-0.1, -0.05) is 39.0 Å². The van der Waals surface area contributed by atoms with Crippen LogP contribution in [0.1, 0.15) is 54.2 Å². The highest BCUT2D eigenvalue weighted by Gasteiger charge is 2.45. The number of anilines is 1. The van der Waals surface area contributed by atoms with E-state index in [1.54, 1.807) is 0 Å². The highest BCUT2D eigenvalue weighted by atomic mass is 16.1. The minimum absolute atomic E-state index is 0.0713. The molecule has 0 bridgehead atoms. The number of fused-ring (bicyclic) bond motifs is 1. The van der Waals surface area contributed by atoms with E-state index in [2.05, 4.69) is 32.9 Å². The molecular weight excluding hydrogens is 272 g/mol. The summed E-state index contributed by atoms with van der Waals surface area (Å²) in [6.07, 6.45) is 1.01. The predicted molar refractivity (Wildman–Crippen MR) is 89.9 cm³/mol. The van der Waals surface area contributed by atoms with Gasteiger partial charge in [-0.2, -0.15) is 0 Å². The first kappa shape index (κ1) is 14.6. The Morgan fingerprint density at radius 2 is 1.64 bits per heavy atom. The molecule has 2 aromatic rings. The zero-order valence-corrected chi connectivity index (χ0v) is 13.3. The monoisotopic (exact) mass is 294 g/mol. The van der Waals surface area contributed by atoms with Gasteiger partial charge in [-0.25, -0.2) is 0 Å². The van der Waals surface area contributed by atoms with E-state index in [0.717, 1.165) is 12.1 Å². The van der Waals surface area contributed by atoms with Crippen LogP contribution in [0.15, 0.2) is 42.5 Å². The maximum absolute atomic E-state index is 11.3. The molecule has 1 unspecified atom stereocenters. The lowest BCUT2D eigenvalue weighted by atomic mass is 9.75. The number of nitrogens with two attached hydrogens (primary N) is 2. The number of rotatable bonds is 2. The molecule has 0 aliphatic heterocycles. The first-order chi connectivity index (χ1) is 10.2. The van der Waals surface area contributed by atoms with E-state index in [0.29, 0.717) is 5.56 Å². The first-order valence-corrected chi connectivity index (χ1v) is 7.55. The Morgan fingerprint density at radius 3 is 2.23 bits per heavy atom. The quantitative estimate of drug-likeness (QED) is 0.834. The van der Waals surface area contributed by atoms with Crippen LogP contribution in [0.4, 0.5) is 5.69 Å². The molecule has 22 heavy (non-hydrogen) atoms. The highest BCUT2D eigenvalue weighted by Crippen LogP contribution is 2.53. The van der Waals surface area contributed by atoms with E-state index < -0.39 is 5.91 Å². The second-order valence-corrected chi connectivity index (χ2v) is 7.14. The molecule has 4 N–H and O–H groups in total. The summed E-state index contributed by atoms with van der Waals surface area (Å²) in [6.45, 7) is 6.78. The molecule has 0 saturated heterocycles. The summed E-state index contributed by atoms with van der Waals surface area (Å²) in [4.78, 5) is 11.3. The van der Waals surface area contributed by atoms with Gasteiger partial charge in [-0.15, -0.1) is 0 Å². The molecule has 0 aromatic heterocycles. The van der Waals surface area contributed by atoms with Crippen molar-refractivity contribution in [3.8, 4) is 0 Å². The predicted octanol–water partition coefficient (Wildman–Crippen LogP) is 3.36. The average Bonchev–Trinajstić information content (AvgIpc) is 2.66. The summed E-state index contributed by atoms with van der Waals surface area (Å²) < 4.78 is 0. The van der Waals surface area contributed by atoms with E-state index >= 15 is 0 Å². The fraction of sp³-hybridized carbons (Fsp3) is 0.316. The Balaban J connectivity index is 2.13. The van der Waals surface area contributed by atoms with Gasteiger partial charge in [-0.3, -0.25) is 4.79 Å². The summed E-state index contributed by atoms with van der Waals surface area (Å²) in [5, 5.41) is 0. The summed E-state index contributed by atoms with van der Waals surface area (Å²) in [5.41, 5.74) is 16.5. The Kier molecular flexibility index (Phi) is 3.06. The van der Waals surface area contributed by atoms with Gasteiger partial charge in [0, 0.05) is 16.7 Å². The Morgan fingerprint density at radius 1 is 1.00 bits per heavy atom. The van der Waals surface area contributed by atoms with E-state index in [-0.39, 0.29) is 10.8 Å². The molecule has 0 radical (unpaired) electrons. The first-order valence-electron chi connectivity index (χ1n) is 7.55. The molecule has 1 aliphatic rings. The van der Waals surface area contributed by atoms with Crippen LogP contribution in [0.2, 0.25) is 0 Å². The minimum atomic E-state index is -0.392. The standard InChI is InChI=1S/C19H22N2O/c1-18(2)11-19(3,15-9-8-14(20)10-16(15)18)13-6-4-12(5-7-13)17(21)22/h4-10H,11,20H2,1-3H3,(H2,21,22). The summed E-state index contributed by atoms with van der Waals surface area (Å²) in [5.74, 6) is -0.392. The van der Waals surface area contributed by atoms with Crippen molar-refractivity contribution in [3.63, 3.8) is 0 Å². The lowest BCUT2D eigenvalue weighted by molar-refractivity contribution is 0.1000. The van der Waals surface area contributed by atoms with Crippen LogP contribution < -0.4 is 11.5 Å². The van der Waals surface area contributed by atoms with E-state index in [1.165, 1.54) is 16.7 Å². The van der Waals surface area contributed by atoms with Gasteiger partial charge in [0.1, 0.15) is 0 Å². The molecule has 3 nitrogen and oxygen atoms in total. The molecule has 0 fully saturated rings. The van der Waals surface area contributed by atoms with Crippen molar-refractivity contribution in [1.82, 2.24) is 0 Å². The fourth-order valence-corrected chi connectivity index (χ4v) is 3.94. The van der Waals surface area contributed by atoms with E-state index in [1.807, 2.05) is 30.3 Å². The molecule has 0 saturated carbocycles. The molecule has 1 atom stereocenters. The topological polar surface area (TPSA) is 69.1 Å². The zero-order chi connectivity index (χ0) is 16.1. The second-order valence-electron chi connectivity index (χ2n) is 7.14. The minimum Gasteiger partial charge on any atom is -0.399 e. The van der Waals surface area contributed by atoms with Crippen LogP contribution in [-0.4, -0.2) is 5.91 Å². The van der Waals surface area contributed by atoms with Gasteiger partial charge in [0.15, 0.2) is 0 Å². The average molecular weight is 294 g/mol. The summed E-state index contributed by atoms with van der Waals surface area (Å²) >= 11 is 0. The summed E-state index contributed by atoms with van der Waals surface area (Å²) in [6, 6.07) is 13.9. The van der Waals surface area contributed by atoms with E-state index in [9.17, 15) is 4.79 Å². The number of nitrogen functional groups attached to an aromatic ring is 1. The second kappa shape index (κ2) is 4.60. The SMILES string of the molecule is CC1(C)CC(C)(c2ccc(C(N)=O)cc2)c2ccc(N)cc21. The van der Waals surface area contributed by atoms with E-state index in [4.69, 9.17) is 11.5 Å². The number of hydrogen-bond acceptors (Lipinski definition) is 2. The Hall–Kier alpha value is -2.29. The number of carbonyl (C=O) groups is 1. The molecule has 3 heteroatoms. The largest absolute Gasteiger partial charge is 0.399 e. The number of amides is 1. The normalized spacial score (nSPS) is 22.3. The smallest absolute Gasteiger partial charge is 0.248 e. The summed E-state index contributed by atoms with van der Waals surface area (Å²) in [7, 11) is 0. The molecule has 1 aliphatic carbocycles. The van der Waals surface area contributed by atoms with Crippen LogP contribution in [0.5, 0.6) is 0 Å². The van der Waals surface area contributed by atoms with Gasteiger partial charge in [-0.05, 0) is 52.8 Å². The fourth-order valence-electron chi connectivity index (χ4n) is 3.94. The number of primary amides is 1. The molecule has 2 aromatic carbocycles. The third kappa shape index (κ3) is 2.08. The zero-order valence-electron chi connectivity index (χ0n) is 13.3. The Bertz CT molecular complexity index is 747. The van der Waals surface area contributed by atoms with Crippen molar-refractivity contribution in [1.29, 1.82) is 0 Å². The van der Waals surface area contributed by atoms with Crippen LogP contribution in [0.3, 0.4) is 0 Å². The lowest BCUT2D eigenvalue weighted by Gasteiger charge is -2.28. The van der Waals surface area contributed by atoms with Crippen molar-refractivity contribution in [2.24, 2.45) is 5.73 Å². The number of hydrogen-bond donors (Lipinski definition) is 2. The Labute approximate surface area is 131 Å². The molecule has 1 amide bonds. The van der Waals surface area contributed by atoms with Gasteiger partial charge < -0.3 is 11.5 Å². The van der Waals surface area contributed by atoms with Gasteiger partial charge in [0.25, 0.3) is 0 Å². The van der Waals surface area contributed by atoms with Crippen LogP contribution >= 0.6 is 0 Å². The van der Waals surface area contributed by atoms with Crippen molar-refractivity contribution < 1.29 is 4.79 Å². The number of benzene rings is 2. The molecule has 114 valence electrons. The maximum atomic E-state index is 11.3. The maximum Gasteiger partial charge on any atom is 0.248 e. The van der Waals surface area contributed by atoms with Crippen molar-refractivity contribution in [3.05, 3.63) is 64.7 Å². The molecule has 3 rings (SSSR count). The molecule has 0 heterocycles. The van der Waals surface area contributed by atoms with Gasteiger partial charge >= 0.3 is 0 Å². The van der Waals surface area contributed by atoms with Crippen molar-refractivity contribution in [2.45, 2.75) is 38.0 Å². The molecular formula is C19H22N2O. The van der Waals surface area contributed by atoms with Gasteiger partial charge in [0.2, 0.25) is 5.91 Å². The third-order valence-electron chi connectivity index (χ3n) is 4.97. The van der Waals surface area contributed by atoms with Gasteiger partial charge in [0.05, 0.1) is 0 Å². The van der Waals surface area contributed by atoms with Crippen LogP contribution in [-0.2, 0) is 10.8 Å². The molecule has 0 spiro atoms. The van der Waals surface area contributed by atoms with Crippen molar-refractivity contribution in [2.75, 3.05) is 5.73 Å².